The minimum Gasteiger partial charge on any atom is -0.503 e. The van der Waals surface area contributed by atoms with Crippen molar-refractivity contribution in [1.82, 2.24) is 4.90 Å². The maximum Gasteiger partial charge on any atom is 0.305 e. The number of ether oxygens (including phenoxy) is 1. The summed E-state index contributed by atoms with van der Waals surface area (Å²) in [6.07, 6.45) is -0.280. The highest BCUT2D eigenvalue weighted by atomic mass is 16.5. The van der Waals surface area contributed by atoms with Gasteiger partial charge in [-0.15, -0.1) is 0 Å². The molecule has 2 N–H and O–H groups in total. The first-order valence-electron chi connectivity index (χ1n) is 7.56. The fourth-order valence-electron chi connectivity index (χ4n) is 2.72. The second-order valence-electron chi connectivity index (χ2n) is 5.37. The van der Waals surface area contributed by atoms with Crippen molar-refractivity contribution in [2.45, 2.75) is 26.3 Å². The van der Waals surface area contributed by atoms with Gasteiger partial charge in [-0.25, -0.2) is 0 Å². The number of carbonyl (C=O) groups is 3. The molecule has 1 amide bonds. The van der Waals surface area contributed by atoms with E-state index in [1.54, 1.807) is 24.3 Å². The van der Waals surface area contributed by atoms with E-state index in [1.807, 2.05) is 6.92 Å². The number of hydrogen-bond acceptors (Lipinski definition) is 5. The summed E-state index contributed by atoms with van der Waals surface area (Å²) in [7, 11) is 0. The van der Waals surface area contributed by atoms with Crippen molar-refractivity contribution >= 4 is 17.7 Å². The van der Waals surface area contributed by atoms with Crippen LogP contribution in [0, 0.1) is 0 Å². The molecule has 0 fully saturated rings. The smallest absolute Gasteiger partial charge is 0.305 e. The Morgan fingerprint density at radius 3 is 2.38 bits per heavy atom. The third-order valence-corrected chi connectivity index (χ3v) is 3.76. The zero-order chi connectivity index (χ0) is 17.9. The topological polar surface area (TPSA) is 104 Å². The number of Topliss-reactive ketones (excluding diaryl/α,β-unsaturated/α-hetero) is 1. The molecule has 24 heavy (non-hydrogen) atoms. The zero-order valence-electron chi connectivity index (χ0n) is 13.5. The monoisotopic (exact) mass is 333 g/mol. The van der Waals surface area contributed by atoms with Crippen molar-refractivity contribution in [3.63, 3.8) is 0 Å². The molecule has 1 heterocycles. The number of carbonyl (C=O) groups excluding carboxylic acids is 2. The molecule has 0 aliphatic carbocycles. The van der Waals surface area contributed by atoms with Gasteiger partial charge in [0.25, 0.3) is 5.91 Å². The lowest BCUT2D eigenvalue weighted by atomic mass is 9.96. The Morgan fingerprint density at radius 1 is 1.25 bits per heavy atom. The lowest BCUT2D eigenvalue weighted by Gasteiger charge is -2.26. The van der Waals surface area contributed by atoms with Crippen LogP contribution < -0.4 is 4.74 Å². The van der Waals surface area contributed by atoms with Gasteiger partial charge in [-0.05, 0) is 31.5 Å². The van der Waals surface area contributed by atoms with Crippen LogP contribution >= 0.6 is 0 Å². The van der Waals surface area contributed by atoms with Crippen LogP contribution in [-0.2, 0) is 14.4 Å². The number of carboxylic acids is 1. The zero-order valence-corrected chi connectivity index (χ0v) is 13.5. The van der Waals surface area contributed by atoms with Gasteiger partial charge in [0.15, 0.2) is 11.5 Å². The van der Waals surface area contributed by atoms with Crippen molar-refractivity contribution in [3.8, 4) is 5.75 Å². The summed E-state index contributed by atoms with van der Waals surface area (Å²) in [6, 6.07) is 5.98. The van der Waals surface area contributed by atoms with Crippen molar-refractivity contribution in [2.75, 3.05) is 13.2 Å². The van der Waals surface area contributed by atoms with Crippen LogP contribution in [0.1, 0.15) is 31.9 Å². The number of aliphatic hydroxyl groups is 1. The molecule has 1 aliphatic rings. The van der Waals surface area contributed by atoms with Crippen LogP contribution in [0.25, 0.3) is 0 Å². The predicted octanol–water partition coefficient (Wildman–Crippen LogP) is 1.84. The van der Waals surface area contributed by atoms with Crippen LogP contribution in [0.5, 0.6) is 5.75 Å². The van der Waals surface area contributed by atoms with E-state index in [9.17, 15) is 19.5 Å². The maximum absolute atomic E-state index is 12.2. The average Bonchev–Trinajstić information content (AvgIpc) is 2.78. The summed E-state index contributed by atoms with van der Waals surface area (Å²) in [6.45, 7) is 3.52. The number of aliphatic carboxylic acids is 1. The Labute approximate surface area is 139 Å². The Kier molecular flexibility index (Phi) is 5.23. The third kappa shape index (κ3) is 3.40. The summed E-state index contributed by atoms with van der Waals surface area (Å²) in [5.41, 5.74) is 0.584. The minimum atomic E-state index is -1.07. The standard InChI is InChI=1S/C17H19NO6/c1-3-24-12-6-4-11(5-7-12)15-14(10(2)19)16(22)17(23)18(15)9-8-13(20)21/h4-7,15,22H,3,8-9H2,1-2H3,(H,20,21). The lowest BCUT2D eigenvalue weighted by molar-refractivity contribution is -0.138. The number of amides is 1. The Bertz CT molecular complexity index is 692. The summed E-state index contributed by atoms with van der Waals surface area (Å²) in [5.74, 6) is -2.21. The predicted molar refractivity (Wildman–Crippen MR) is 84.7 cm³/mol. The molecule has 1 unspecified atom stereocenters. The molecule has 0 saturated carbocycles. The molecule has 0 bridgehead atoms. The first-order chi connectivity index (χ1) is 11.4. The van der Waals surface area contributed by atoms with Crippen LogP contribution in [-0.4, -0.2) is 45.9 Å². The van der Waals surface area contributed by atoms with E-state index in [1.165, 1.54) is 11.8 Å². The lowest BCUT2D eigenvalue weighted by Crippen LogP contribution is -2.33. The normalized spacial score (nSPS) is 17.3. The van der Waals surface area contributed by atoms with Crippen LogP contribution in [0.4, 0.5) is 0 Å². The highest BCUT2D eigenvalue weighted by molar-refractivity contribution is 6.08. The van der Waals surface area contributed by atoms with E-state index in [0.717, 1.165) is 0 Å². The van der Waals surface area contributed by atoms with Crippen molar-refractivity contribution < 1.29 is 29.3 Å². The van der Waals surface area contributed by atoms with Gasteiger partial charge in [0.2, 0.25) is 0 Å². The number of hydrogen-bond donors (Lipinski definition) is 2. The largest absolute Gasteiger partial charge is 0.503 e. The third-order valence-electron chi connectivity index (χ3n) is 3.76. The molecule has 0 saturated heterocycles. The molecule has 0 spiro atoms. The van der Waals surface area contributed by atoms with E-state index in [0.29, 0.717) is 17.9 Å². The summed E-state index contributed by atoms with van der Waals surface area (Å²) in [5, 5.41) is 18.9. The van der Waals surface area contributed by atoms with E-state index in [4.69, 9.17) is 9.84 Å². The fourth-order valence-corrected chi connectivity index (χ4v) is 2.72. The van der Waals surface area contributed by atoms with E-state index in [2.05, 4.69) is 0 Å². The highest BCUT2D eigenvalue weighted by Gasteiger charge is 2.42. The number of carboxylic acid groups (broad SMARTS) is 1. The second kappa shape index (κ2) is 7.16. The summed E-state index contributed by atoms with van der Waals surface area (Å²) in [4.78, 5) is 36.2. The molecule has 7 nitrogen and oxygen atoms in total. The van der Waals surface area contributed by atoms with Gasteiger partial charge in [-0.1, -0.05) is 12.1 Å². The Morgan fingerprint density at radius 2 is 1.88 bits per heavy atom. The molecule has 7 heteroatoms. The molecule has 1 aromatic carbocycles. The van der Waals surface area contributed by atoms with Crippen molar-refractivity contribution in [2.24, 2.45) is 0 Å². The van der Waals surface area contributed by atoms with Gasteiger partial charge in [-0.3, -0.25) is 14.4 Å². The van der Waals surface area contributed by atoms with Gasteiger partial charge in [0.1, 0.15) is 5.75 Å². The first-order valence-corrected chi connectivity index (χ1v) is 7.56. The number of rotatable bonds is 7. The molecular weight excluding hydrogens is 314 g/mol. The average molecular weight is 333 g/mol. The molecule has 0 aromatic heterocycles. The number of benzene rings is 1. The van der Waals surface area contributed by atoms with Gasteiger partial charge in [0, 0.05) is 6.54 Å². The van der Waals surface area contributed by atoms with E-state index >= 15 is 0 Å². The first kappa shape index (κ1) is 17.5. The quantitative estimate of drug-likeness (QED) is 0.789. The second-order valence-corrected chi connectivity index (χ2v) is 5.37. The Hall–Kier alpha value is -2.83. The fraction of sp³-hybridized carbons (Fsp3) is 0.353. The van der Waals surface area contributed by atoms with Gasteiger partial charge >= 0.3 is 5.97 Å². The van der Waals surface area contributed by atoms with Crippen molar-refractivity contribution in [3.05, 3.63) is 41.2 Å². The minimum absolute atomic E-state index is 0.0189. The van der Waals surface area contributed by atoms with Crippen LogP contribution in [0.2, 0.25) is 0 Å². The van der Waals surface area contributed by atoms with E-state index in [-0.39, 0.29) is 18.5 Å². The number of nitrogens with zero attached hydrogens (tertiary/aromatic N) is 1. The van der Waals surface area contributed by atoms with E-state index < -0.39 is 29.5 Å². The maximum atomic E-state index is 12.2. The summed E-state index contributed by atoms with van der Waals surface area (Å²) >= 11 is 0. The molecule has 1 aliphatic heterocycles. The molecule has 1 atom stereocenters. The van der Waals surface area contributed by atoms with Crippen LogP contribution in [0.3, 0.4) is 0 Å². The van der Waals surface area contributed by atoms with Crippen LogP contribution in [0.15, 0.2) is 35.6 Å². The molecule has 0 radical (unpaired) electrons. The van der Waals surface area contributed by atoms with Gasteiger partial charge < -0.3 is 19.8 Å². The highest BCUT2D eigenvalue weighted by Crippen LogP contribution is 2.38. The van der Waals surface area contributed by atoms with Crippen molar-refractivity contribution in [1.29, 1.82) is 0 Å². The molecular formula is C17H19NO6. The SMILES string of the molecule is CCOc1ccc(C2C(C(C)=O)=C(O)C(=O)N2CCC(=O)O)cc1. The van der Waals surface area contributed by atoms with Gasteiger partial charge in [-0.2, -0.15) is 0 Å². The number of ketones is 1. The number of aliphatic hydroxyl groups excluding tert-OH is 1. The molecule has 128 valence electrons. The molecule has 2 rings (SSSR count). The summed E-state index contributed by atoms with van der Waals surface area (Å²) < 4.78 is 5.36. The molecule has 1 aromatic rings. The van der Waals surface area contributed by atoms with Gasteiger partial charge in [0.05, 0.1) is 24.6 Å². The Balaban J connectivity index is 2.40.